The zero-order valence-electron chi connectivity index (χ0n) is 15.7. The number of hydrogen-bond acceptors (Lipinski definition) is 0. The fourth-order valence-corrected chi connectivity index (χ4v) is 3.77. The highest BCUT2D eigenvalue weighted by molar-refractivity contribution is 6.05. The van der Waals surface area contributed by atoms with Gasteiger partial charge in [0.1, 0.15) is 0 Å². The Hall–Kier alpha value is -2.86. The van der Waals surface area contributed by atoms with Crippen molar-refractivity contribution < 1.29 is 0 Å². The van der Waals surface area contributed by atoms with Gasteiger partial charge in [-0.1, -0.05) is 112 Å². The first kappa shape index (κ1) is 16.6. The van der Waals surface area contributed by atoms with Crippen molar-refractivity contribution in [3.05, 3.63) is 96.6 Å². The molecule has 0 aliphatic heterocycles. The van der Waals surface area contributed by atoms with Crippen molar-refractivity contribution in [3.63, 3.8) is 0 Å². The van der Waals surface area contributed by atoms with Crippen molar-refractivity contribution in [1.82, 2.24) is 0 Å². The van der Waals surface area contributed by atoms with E-state index in [2.05, 4.69) is 112 Å². The van der Waals surface area contributed by atoms with Crippen molar-refractivity contribution in [1.29, 1.82) is 0 Å². The Morgan fingerprint density at radius 2 is 1.12 bits per heavy atom. The summed E-state index contributed by atoms with van der Waals surface area (Å²) in [5.74, 6) is 0. The second-order valence-corrected chi connectivity index (χ2v) is 7.87. The number of fused-ring (bicyclic) bond motifs is 1. The maximum Gasteiger partial charge on any atom is -0.00677 e. The second-order valence-electron chi connectivity index (χ2n) is 7.87. The zero-order valence-corrected chi connectivity index (χ0v) is 15.7. The highest BCUT2D eigenvalue weighted by Crippen LogP contribution is 2.41. The minimum atomic E-state index is 0.0854. The quantitative estimate of drug-likeness (QED) is 0.356. The van der Waals surface area contributed by atoms with E-state index < -0.39 is 0 Å². The zero-order chi connectivity index (χ0) is 18.1. The van der Waals surface area contributed by atoms with Gasteiger partial charge in [-0.3, -0.25) is 0 Å². The molecular formula is C26H24. The molecule has 0 amide bonds. The van der Waals surface area contributed by atoms with Crippen LogP contribution in [-0.2, 0) is 5.41 Å². The van der Waals surface area contributed by atoms with Crippen LogP contribution < -0.4 is 0 Å². The van der Waals surface area contributed by atoms with Crippen LogP contribution in [0, 0.1) is 0 Å². The molecule has 0 N–H and O–H groups in total. The number of benzene rings is 4. The van der Waals surface area contributed by atoms with Gasteiger partial charge in [-0.2, -0.15) is 0 Å². The van der Waals surface area contributed by atoms with E-state index in [4.69, 9.17) is 0 Å². The van der Waals surface area contributed by atoms with Crippen molar-refractivity contribution >= 4 is 10.8 Å². The van der Waals surface area contributed by atoms with Crippen LogP contribution in [0.5, 0.6) is 0 Å². The summed E-state index contributed by atoms with van der Waals surface area (Å²) in [5, 5.41) is 2.63. The first-order chi connectivity index (χ1) is 12.6. The summed E-state index contributed by atoms with van der Waals surface area (Å²) < 4.78 is 0. The summed E-state index contributed by atoms with van der Waals surface area (Å²) >= 11 is 0. The standard InChI is InChI=1S/C26H24/c1-26(2,3)24-18-17-22-21(19-11-6-4-7-12-19)15-10-16-23(22)25(24)20-13-8-5-9-14-20/h4-18H,1-3H3. The lowest BCUT2D eigenvalue weighted by molar-refractivity contribution is 0.593. The molecule has 0 saturated carbocycles. The second kappa shape index (κ2) is 6.46. The highest BCUT2D eigenvalue weighted by Gasteiger charge is 2.21. The molecule has 0 heterocycles. The average molecular weight is 336 g/mol. The van der Waals surface area contributed by atoms with Gasteiger partial charge >= 0.3 is 0 Å². The lowest BCUT2D eigenvalue weighted by atomic mass is 9.79. The Balaban J connectivity index is 2.09. The van der Waals surface area contributed by atoms with Gasteiger partial charge in [0.05, 0.1) is 0 Å². The van der Waals surface area contributed by atoms with Crippen LogP contribution in [0.3, 0.4) is 0 Å². The fraction of sp³-hybridized carbons (Fsp3) is 0.154. The predicted molar refractivity (Wildman–Crippen MR) is 114 cm³/mol. The van der Waals surface area contributed by atoms with E-state index in [-0.39, 0.29) is 5.41 Å². The maximum absolute atomic E-state index is 2.32. The van der Waals surface area contributed by atoms with Gasteiger partial charge in [0.15, 0.2) is 0 Å². The molecule has 128 valence electrons. The van der Waals surface area contributed by atoms with Gasteiger partial charge in [-0.25, -0.2) is 0 Å². The Bertz CT molecular complexity index is 1040. The van der Waals surface area contributed by atoms with Crippen molar-refractivity contribution in [2.75, 3.05) is 0 Å². The molecule has 0 spiro atoms. The molecule has 0 bridgehead atoms. The molecular weight excluding hydrogens is 312 g/mol. The van der Waals surface area contributed by atoms with Crippen molar-refractivity contribution in [2.24, 2.45) is 0 Å². The van der Waals surface area contributed by atoms with Gasteiger partial charge in [-0.05, 0) is 44.0 Å². The third kappa shape index (κ3) is 2.93. The van der Waals surface area contributed by atoms with Gasteiger partial charge in [0, 0.05) is 0 Å². The molecule has 0 radical (unpaired) electrons. The fourth-order valence-electron chi connectivity index (χ4n) is 3.77. The maximum atomic E-state index is 2.32. The van der Waals surface area contributed by atoms with E-state index in [0.717, 1.165) is 0 Å². The predicted octanol–water partition coefficient (Wildman–Crippen LogP) is 7.47. The van der Waals surface area contributed by atoms with Crippen molar-refractivity contribution in [3.8, 4) is 22.3 Å². The first-order valence-electron chi connectivity index (χ1n) is 9.23. The van der Waals surface area contributed by atoms with Crippen LogP contribution >= 0.6 is 0 Å². The van der Waals surface area contributed by atoms with Gasteiger partial charge in [-0.15, -0.1) is 0 Å². The molecule has 0 atom stereocenters. The number of rotatable bonds is 2. The highest BCUT2D eigenvalue weighted by atomic mass is 14.2. The molecule has 0 aliphatic carbocycles. The first-order valence-corrected chi connectivity index (χ1v) is 9.23. The lowest BCUT2D eigenvalue weighted by Crippen LogP contribution is -2.13. The van der Waals surface area contributed by atoms with Gasteiger partial charge in [0.25, 0.3) is 0 Å². The van der Waals surface area contributed by atoms with Crippen molar-refractivity contribution in [2.45, 2.75) is 26.2 Å². The molecule has 0 fully saturated rings. The monoisotopic (exact) mass is 336 g/mol. The summed E-state index contributed by atoms with van der Waals surface area (Å²) in [4.78, 5) is 0. The van der Waals surface area contributed by atoms with E-state index in [9.17, 15) is 0 Å². The Morgan fingerprint density at radius 1 is 0.500 bits per heavy atom. The van der Waals surface area contributed by atoms with Gasteiger partial charge < -0.3 is 0 Å². The Morgan fingerprint density at radius 3 is 1.73 bits per heavy atom. The summed E-state index contributed by atoms with van der Waals surface area (Å²) in [5.41, 5.74) is 6.67. The van der Waals surface area contributed by atoms with Crippen LogP contribution in [-0.4, -0.2) is 0 Å². The molecule has 0 aromatic heterocycles. The third-order valence-electron chi connectivity index (χ3n) is 5.02. The van der Waals surface area contributed by atoms with E-state index in [1.807, 2.05) is 0 Å². The molecule has 26 heavy (non-hydrogen) atoms. The molecule has 4 aromatic carbocycles. The van der Waals surface area contributed by atoms with Crippen LogP contribution in [0.2, 0.25) is 0 Å². The van der Waals surface area contributed by atoms with Gasteiger partial charge in [0.2, 0.25) is 0 Å². The van der Waals surface area contributed by atoms with E-state index in [1.54, 1.807) is 0 Å². The molecule has 0 heteroatoms. The molecule has 4 aromatic rings. The summed E-state index contributed by atoms with van der Waals surface area (Å²) in [6, 6.07) is 32.7. The summed E-state index contributed by atoms with van der Waals surface area (Å²) in [6.45, 7) is 6.88. The molecule has 4 rings (SSSR count). The molecule has 0 saturated heterocycles. The topological polar surface area (TPSA) is 0 Å². The van der Waals surface area contributed by atoms with Crippen LogP contribution in [0.1, 0.15) is 26.3 Å². The van der Waals surface area contributed by atoms with E-state index >= 15 is 0 Å². The minimum Gasteiger partial charge on any atom is -0.0622 e. The van der Waals surface area contributed by atoms with E-state index in [1.165, 1.54) is 38.6 Å². The third-order valence-corrected chi connectivity index (χ3v) is 5.02. The SMILES string of the molecule is CC(C)(C)c1ccc2c(-c3ccccc3)cccc2c1-c1ccccc1. The van der Waals surface area contributed by atoms with Crippen LogP contribution in [0.4, 0.5) is 0 Å². The summed E-state index contributed by atoms with van der Waals surface area (Å²) in [6.07, 6.45) is 0. The molecule has 0 unspecified atom stereocenters. The summed E-state index contributed by atoms with van der Waals surface area (Å²) in [7, 11) is 0. The molecule has 0 aliphatic rings. The molecule has 0 nitrogen and oxygen atoms in total. The Kier molecular flexibility index (Phi) is 4.12. The largest absolute Gasteiger partial charge is 0.0622 e. The lowest BCUT2D eigenvalue weighted by Gasteiger charge is -2.25. The van der Waals surface area contributed by atoms with Crippen LogP contribution in [0.15, 0.2) is 91.0 Å². The van der Waals surface area contributed by atoms with Crippen LogP contribution in [0.25, 0.3) is 33.0 Å². The normalized spacial score (nSPS) is 11.7. The average Bonchev–Trinajstić information content (AvgIpc) is 2.67. The van der Waals surface area contributed by atoms with E-state index in [0.29, 0.717) is 0 Å². The number of hydrogen-bond donors (Lipinski definition) is 0. The smallest absolute Gasteiger partial charge is 0.00677 e. The Labute approximate surface area is 156 Å². The minimum absolute atomic E-state index is 0.0854.